The number of nitro groups is 1. The third-order valence-corrected chi connectivity index (χ3v) is 6.24. The number of esters is 1. The number of sulfonamides is 1. The summed E-state index contributed by atoms with van der Waals surface area (Å²) in [7, 11) is -4.17. The van der Waals surface area contributed by atoms with Crippen molar-refractivity contribution < 1.29 is 22.9 Å². The zero-order chi connectivity index (χ0) is 21.8. The fraction of sp³-hybridized carbons (Fsp3) is 0.250. The number of carbonyl (C=O) groups excluding carboxylic acids is 1. The van der Waals surface area contributed by atoms with E-state index in [2.05, 4.69) is 6.58 Å². The van der Waals surface area contributed by atoms with E-state index in [1.54, 1.807) is 39.0 Å². The first kappa shape index (κ1) is 22.1. The summed E-state index contributed by atoms with van der Waals surface area (Å²) in [4.78, 5) is 22.5. The Bertz CT molecular complexity index is 1060. The largest absolute Gasteiger partial charge is 0.462 e. The number of nitro benzene ring substituents is 1. The lowest BCUT2D eigenvalue weighted by Crippen LogP contribution is -2.32. The van der Waals surface area contributed by atoms with Gasteiger partial charge in [-0.25, -0.2) is 13.2 Å². The number of carbonyl (C=O) groups is 1. The summed E-state index contributed by atoms with van der Waals surface area (Å²) in [6.07, 6.45) is 1.40. The van der Waals surface area contributed by atoms with Crippen LogP contribution < -0.4 is 4.31 Å². The van der Waals surface area contributed by atoms with E-state index in [1.165, 1.54) is 18.2 Å². The van der Waals surface area contributed by atoms with E-state index in [9.17, 15) is 23.3 Å². The zero-order valence-electron chi connectivity index (χ0n) is 16.4. The Kier molecular flexibility index (Phi) is 6.76. The molecule has 29 heavy (non-hydrogen) atoms. The van der Waals surface area contributed by atoms with Crippen molar-refractivity contribution in [3.8, 4) is 0 Å². The second kappa shape index (κ2) is 8.87. The predicted molar refractivity (Wildman–Crippen MR) is 110 cm³/mol. The Morgan fingerprint density at radius 3 is 2.55 bits per heavy atom. The smallest absolute Gasteiger partial charge is 0.338 e. The third kappa shape index (κ3) is 4.45. The third-order valence-electron chi connectivity index (χ3n) is 4.31. The van der Waals surface area contributed by atoms with Crippen LogP contribution in [-0.2, 0) is 14.8 Å². The van der Waals surface area contributed by atoms with Crippen LogP contribution in [0.2, 0.25) is 0 Å². The van der Waals surface area contributed by atoms with Gasteiger partial charge in [-0.3, -0.25) is 14.4 Å². The number of benzene rings is 2. The molecule has 0 fully saturated rings. The summed E-state index contributed by atoms with van der Waals surface area (Å²) in [5, 5.41) is 11.1. The Hall–Kier alpha value is -3.20. The molecule has 0 heterocycles. The van der Waals surface area contributed by atoms with Crippen molar-refractivity contribution in [1.82, 2.24) is 0 Å². The molecule has 8 nitrogen and oxygen atoms in total. The van der Waals surface area contributed by atoms with Gasteiger partial charge in [-0.1, -0.05) is 18.2 Å². The van der Waals surface area contributed by atoms with Gasteiger partial charge < -0.3 is 4.74 Å². The van der Waals surface area contributed by atoms with Crippen molar-refractivity contribution in [2.24, 2.45) is 0 Å². The monoisotopic (exact) mass is 418 g/mol. The quantitative estimate of drug-likeness (QED) is 0.280. The highest BCUT2D eigenvalue weighted by Crippen LogP contribution is 2.31. The van der Waals surface area contributed by atoms with Crippen molar-refractivity contribution in [1.29, 1.82) is 0 Å². The lowest BCUT2D eigenvalue weighted by molar-refractivity contribution is -0.385. The molecule has 2 aromatic carbocycles. The maximum Gasteiger partial charge on any atom is 0.338 e. The van der Waals surface area contributed by atoms with Crippen LogP contribution in [0.15, 0.2) is 53.9 Å². The Morgan fingerprint density at radius 2 is 1.97 bits per heavy atom. The van der Waals surface area contributed by atoms with Gasteiger partial charge in [-0.2, -0.15) is 0 Å². The summed E-state index contributed by atoms with van der Waals surface area (Å²) in [6, 6.07) is 8.34. The molecule has 0 saturated heterocycles. The molecule has 154 valence electrons. The van der Waals surface area contributed by atoms with Crippen molar-refractivity contribution in [3.05, 3.63) is 75.9 Å². The van der Waals surface area contributed by atoms with Gasteiger partial charge in [0.25, 0.3) is 15.7 Å². The van der Waals surface area contributed by atoms with E-state index < -0.39 is 20.9 Å². The van der Waals surface area contributed by atoms with Crippen molar-refractivity contribution in [2.75, 3.05) is 17.5 Å². The van der Waals surface area contributed by atoms with Crippen LogP contribution in [0.3, 0.4) is 0 Å². The standard InChI is InChI=1S/C20H22N2O6S/c1-5-12-21(18-9-7-8-17(15(18)4)20(23)28-6-2)29(26,27)19-13-16(22(24)25)11-10-14(19)3/h5,7-11,13H,1,6,12H2,2-4H3. The topological polar surface area (TPSA) is 107 Å². The molecule has 0 aliphatic heterocycles. The fourth-order valence-electron chi connectivity index (χ4n) is 2.87. The molecule has 0 bridgehead atoms. The van der Waals surface area contributed by atoms with E-state index in [1.807, 2.05) is 0 Å². The first-order valence-electron chi connectivity index (χ1n) is 8.80. The lowest BCUT2D eigenvalue weighted by Gasteiger charge is -2.26. The van der Waals surface area contributed by atoms with E-state index in [4.69, 9.17) is 4.74 Å². The normalized spacial score (nSPS) is 11.0. The summed E-state index contributed by atoms with van der Waals surface area (Å²) < 4.78 is 32.9. The van der Waals surface area contributed by atoms with Crippen LogP contribution in [0.25, 0.3) is 0 Å². The molecule has 0 unspecified atom stereocenters. The molecule has 0 atom stereocenters. The van der Waals surface area contributed by atoms with E-state index in [0.717, 1.165) is 10.4 Å². The molecule has 9 heteroatoms. The van der Waals surface area contributed by atoms with Gasteiger partial charge >= 0.3 is 5.97 Å². The summed E-state index contributed by atoms with van der Waals surface area (Å²) in [5.74, 6) is -0.561. The van der Waals surface area contributed by atoms with Crippen LogP contribution in [0.1, 0.15) is 28.4 Å². The molecule has 0 aliphatic carbocycles. The van der Waals surface area contributed by atoms with Crippen molar-refractivity contribution in [2.45, 2.75) is 25.7 Å². The van der Waals surface area contributed by atoms with Crippen LogP contribution in [0.4, 0.5) is 11.4 Å². The van der Waals surface area contributed by atoms with Gasteiger partial charge in [0.2, 0.25) is 0 Å². The van der Waals surface area contributed by atoms with E-state index in [0.29, 0.717) is 11.1 Å². The zero-order valence-corrected chi connectivity index (χ0v) is 17.2. The molecule has 0 amide bonds. The van der Waals surface area contributed by atoms with Crippen LogP contribution in [0, 0.1) is 24.0 Å². The van der Waals surface area contributed by atoms with E-state index >= 15 is 0 Å². The minimum absolute atomic E-state index is 0.0857. The molecule has 0 saturated carbocycles. The number of ether oxygens (including phenoxy) is 1. The first-order chi connectivity index (χ1) is 13.6. The minimum atomic E-state index is -4.17. The average Bonchev–Trinajstić information content (AvgIpc) is 2.66. The highest BCUT2D eigenvalue weighted by atomic mass is 32.2. The number of aryl methyl sites for hydroxylation is 1. The first-order valence-corrected chi connectivity index (χ1v) is 10.2. The van der Waals surface area contributed by atoms with E-state index in [-0.39, 0.29) is 35.0 Å². The van der Waals surface area contributed by atoms with Gasteiger partial charge in [-0.05, 0) is 44.0 Å². The molecule has 0 aromatic heterocycles. The van der Waals surface area contributed by atoms with Gasteiger partial charge in [0.05, 0.1) is 34.2 Å². The van der Waals surface area contributed by atoms with Gasteiger partial charge in [0.1, 0.15) is 0 Å². The minimum Gasteiger partial charge on any atom is -0.462 e. The summed E-state index contributed by atoms with van der Waals surface area (Å²) >= 11 is 0. The van der Waals surface area contributed by atoms with Crippen molar-refractivity contribution in [3.63, 3.8) is 0 Å². The second-order valence-corrected chi connectivity index (χ2v) is 8.03. The number of nitrogens with zero attached hydrogens (tertiary/aromatic N) is 2. The van der Waals surface area contributed by atoms with Crippen LogP contribution in [0.5, 0.6) is 0 Å². The Morgan fingerprint density at radius 1 is 1.28 bits per heavy atom. The summed E-state index contributed by atoms with van der Waals surface area (Å²) in [6.45, 7) is 8.57. The molecule has 2 rings (SSSR count). The maximum absolute atomic E-state index is 13.4. The Labute approximate surface area is 169 Å². The van der Waals surface area contributed by atoms with Crippen molar-refractivity contribution >= 4 is 27.4 Å². The van der Waals surface area contributed by atoms with Crippen LogP contribution >= 0.6 is 0 Å². The molecule has 0 N–H and O–H groups in total. The number of hydrogen-bond acceptors (Lipinski definition) is 6. The van der Waals surface area contributed by atoms with Crippen LogP contribution in [-0.4, -0.2) is 32.5 Å². The van der Waals surface area contributed by atoms with Gasteiger partial charge in [-0.15, -0.1) is 6.58 Å². The molecule has 0 spiro atoms. The Balaban J connectivity index is 2.68. The SMILES string of the molecule is C=CCN(c1cccc(C(=O)OCC)c1C)S(=O)(=O)c1cc([N+](=O)[O-])ccc1C. The molecule has 2 aromatic rings. The average molecular weight is 418 g/mol. The second-order valence-electron chi connectivity index (χ2n) is 6.20. The van der Waals surface area contributed by atoms with Gasteiger partial charge in [0, 0.05) is 12.1 Å². The number of non-ortho nitro benzene ring substituents is 1. The number of hydrogen-bond donors (Lipinski definition) is 0. The maximum atomic E-state index is 13.4. The molecule has 0 aliphatic rings. The predicted octanol–water partition coefficient (Wildman–Crippen LogP) is 3.77. The van der Waals surface area contributed by atoms with Gasteiger partial charge in [0.15, 0.2) is 0 Å². The highest BCUT2D eigenvalue weighted by molar-refractivity contribution is 7.92. The highest BCUT2D eigenvalue weighted by Gasteiger charge is 2.29. The lowest BCUT2D eigenvalue weighted by atomic mass is 10.1. The molecular weight excluding hydrogens is 396 g/mol. The molecular formula is C20H22N2O6S. The summed E-state index contributed by atoms with van der Waals surface area (Å²) in [5.41, 5.74) is 0.957. The number of anilines is 1. The number of rotatable bonds is 8. The fourth-order valence-corrected chi connectivity index (χ4v) is 4.61. The molecule has 0 radical (unpaired) electrons.